The second-order valence-corrected chi connectivity index (χ2v) is 10.7. The third-order valence-corrected chi connectivity index (χ3v) is 8.48. The maximum Gasteiger partial charge on any atom is 0.267 e. The van der Waals surface area contributed by atoms with E-state index in [4.69, 9.17) is 4.98 Å². The number of aryl methyl sites for hydroxylation is 4. The first-order valence-corrected chi connectivity index (χ1v) is 12.9. The van der Waals surface area contributed by atoms with Gasteiger partial charge in [-0.25, -0.2) is 4.98 Å². The molecule has 2 aromatic heterocycles. The lowest BCUT2D eigenvalue weighted by Crippen LogP contribution is -2.34. The highest BCUT2D eigenvalue weighted by atomic mass is 32.2. The summed E-state index contributed by atoms with van der Waals surface area (Å²) >= 11 is 3.01. The Hall–Kier alpha value is -2.12. The molecule has 1 aromatic carbocycles. The van der Waals surface area contributed by atoms with Gasteiger partial charge in [0, 0.05) is 10.9 Å². The molecule has 1 saturated carbocycles. The normalized spacial score (nSPS) is 16.2. The Morgan fingerprint density at radius 1 is 1.23 bits per heavy atom. The molecule has 5 rings (SSSR count). The monoisotopic (exact) mass is 453 g/mol. The first kappa shape index (κ1) is 20.8. The van der Waals surface area contributed by atoms with Crippen LogP contribution >= 0.6 is 23.1 Å². The van der Waals surface area contributed by atoms with Crippen LogP contribution in [0.25, 0.3) is 15.9 Å². The SMILES string of the molecule is Cc1ccc(-n2c(SCC(=O)NC3CCCC3)nc3sc4c(c3c2=O)CCC4)c(C)c1. The highest BCUT2D eigenvalue weighted by Crippen LogP contribution is 2.36. The molecular weight excluding hydrogens is 426 g/mol. The number of carbonyl (C=O) groups is 1. The zero-order valence-corrected chi connectivity index (χ0v) is 19.6. The number of rotatable bonds is 5. The number of fused-ring (bicyclic) bond motifs is 3. The molecule has 0 bridgehead atoms. The van der Waals surface area contributed by atoms with Crippen molar-refractivity contribution in [1.29, 1.82) is 0 Å². The van der Waals surface area contributed by atoms with Crippen LogP contribution in [0.3, 0.4) is 0 Å². The van der Waals surface area contributed by atoms with Crippen LogP contribution < -0.4 is 10.9 Å². The van der Waals surface area contributed by atoms with E-state index in [1.807, 2.05) is 19.1 Å². The van der Waals surface area contributed by atoms with Gasteiger partial charge in [0.05, 0.1) is 16.8 Å². The van der Waals surface area contributed by atoms with Gasteiger partial charge in [0.1, 0.15) is 4.83 Å². The van der Waals surface area contributed by atoms with Crippen LogP contribution in [0, 0.1) is 13.8 Å². The number of amides is 1. The predicted octanol–water partition coefficient (Wildman–Crippen LogP) is 4.70. The minimum Gasteiger partial charge on any atom is -0.353 e. The first-order chi connectivity index (χ1) is 15.0. The zero-order chi connectivity index (χ0) is 21.5. The molecule has 1 amide bonds. The van der Waals surface area contributed by atoms with E-state index in [1.165, 1.54) is 35.0 Å². The number of nitrogens with zero attached hydrogens (tertiary/aromatic N) is 2. The average molecular weight is 454 g/mol. The molecule has 7 heteroatoms. The van der Waals surface area contributed by atoms with E-state index < -0.39 is 0 Å². The van der Waals surface area contributed by atoms with Gasteiger partial charge in [-0.05, 0) is 63.1 Å². The second kappa shape index (κ2) is 8.43. The van der Waals surface area contributed by atoms with Crippen LogP contribution in [0.2, 0.25) is 0 Å². The lowest BCUT2D eigenvalue weighted by Gasteiger charge is -2.16. The summed E-state index contributed by atoms with van der Waals surface area (Å²) in [5.41, 5.74) is 4.22. The van der Waals surface area contributed by atoms with Gasteiger partial charge in [-0.1, -0.05) is 42.3 Å². The summed E-state index contributed by atoms with van der Waals surface area (Å²) in [4.78, 5) is 33.3. The fraction of sp³-hybridized carbons (Fsp3) is 0.458. The van der Waals surface area contributed by atoms with Crippen LogP contribution in [-0.4, -0.2) is 27.3 Å². The molecule has 0 saturated heterocycles. The molecule has 0 aliphatic heterocycles. The van der Waals surface area contributed by atoms with E-state index in [2.05, 4.69) is 18.3 Å². The van der Waals surface area contributed by atoms with Crippen molar-refractivity contribution in [3.05, 3.63) is 50.1 Å². The standard InChI is InChI=1S/C24H27N3O2S2/c1-14-10-11-18(15(2)12-14)27-23(29)21-17-8-5-9-19(17)31-22(21)26-24(27)30-13-20(28)25-16-6-3-4-7-16/h10-12,16H,3-9,13H2,1-2H3,(H,25,28). The summed E-state index contributed by atoms with van der Waals surface area (Å²) in [6.45, 7) is 4.08. The van der Waals surface area contributed by atoms with Crippen molar-refractivity contribution >= 4 is 39.2 Å². The lowest BCUT2D eigenvalue weighted by molar-refractivity contribution is -0.119. The molecule has 2 aliphatic carbocycles. The fourth-order valence-electron chi connectivity index (χ4n) is 4.86. The molecule has 1 fully saturated rings. The average Bonchev–Trinajstić information content (AvgIpc) is 3.45. The molecule has 0 radical (unpaired) electrons. The molecule has 31 heavy (non-hydrogen) atoms. The molecule has 0 spiro atoms. The Morgan fingerprint density at radius 2 is 2.03 bits per heavy atom. The summed E-state index contributed by atoms with van der Waals surface area (Å²) in [6, 6.07) is 6.41. The molecule has 1 N–H and O–H groups in total. The lowest BCUT2D eigenvalue weighted by atomic mass is 10.1. The highest BCUT2D eigenvalue weighted by Gasteiger charge is 2.25. The second-order valence-electron chi connectivity index (χ2n) is 8.70. The van der Waals surface area contributed by atoms with Gasteiger partial charge in [-0.2, -0.15) is 0 Å². The Balaban J connectivity index is 1.55. The van der Waals surface area contributed by atoms with Crippen LogP contribution in [0.1, 0.15) is 53.7 Å². The van der Waals surface area contributed by atoms with Gasteiger partial charge in [0.25, 0.3) is 5.56 Å². The molecule has 162 valence electrons. The number of thioether (sulfide) groups is 1. The van der Waals surface area contributed by atoms with Crippen LogP contribution in [-0.2, 0) is 17.6 Å². The number of carbonyl (C=O) groups excluding carboxylic acids is 1. The van der Waals surface area contributed by atoms with Crippen LogP contribution in [0.15, 0.2) is 28.2 Å². The minimum absolute atomic E-state index is 0.00458. The molecular formula is C24H27N3O2S2. The van der Waals surface area contributed by atoms with E-state index in [9.17, 15) is 9.59 Å². The molecule has 2 aliphatic rings. The summed E-state index contributed by atoms with van der Waals surface area (Å²) in [5, 5.41) is 4.52. The number of nitrogens with one attached hydrogen (secondary N) is 1. The number of benzene rings is 1. The number of thiophene rings is 1. The Morgan fingerprint density at radius 3 is 2.81 bits per heavy atom. The summed E-state index contributed by atoms with van der Waals surface area (Å²) in [5.74, 6) is 0.289. The Kier molecular flexibility index (Phi) is 5.65. The van der Waals surface area contributed by atoms with Crippen molar-refractivity contribution in [2.75, 3.05) is 5.75 Å². The molecule has 2 heterocycles. The predicted molar refractivity (Wildman–Crippen MR) is 128 cm³/mol. The van der Waals surface area contributed by atoms with E-state index in [1.54, 1.807) is 15.9 Å². The van der Waals surface area contributed by atoms with Gasteiger partial charge >= 0.3 is 0 Å². The van der Waals surface area contributed by atoms with E-state index in [0.29, 0.717) is 11.2 Å². The van der Waals surface area contributed by atoms with Crippen LogP contribution in [0.5, 0.6) is 0 Å². The third-order valence-electron chi connectivity index (χ3n) is 6.35. The van der Waals surface area contributed by atoms with Gasteiger partial charge in [-0.3, -0.25) is 14.2 Å². The number of aromatic nitrogens is 2. The van der Waals surface area contributed by atoms with Crippen molar-refractivity contribution in [2.24, 2.45) is 0 Å². The van der Waals surface area contributed by atoms with E-state index >= 15 is 0 Å². The molecule has 0 unspecified atom stereocenters. The largest absolute Gasteiger partial charge is 0.353 e. The number of hydrogen-bond donors (Lipinski definition) is 1. The Bertz CT molecular complexity index is 1220. The van der Waals surface area contributed by atoms with Crippen molar-refractivity contribution in [3.63, 3.8) is 0 Å². The fourth-order valence-corrected chi connectivity index (χ4v) is 6.98. The van der Waals surface area contributed by atoms with Crippen molar-refractivity contribution < 1.29 is 4.79 Å². The van der Waals surface area contributed by atoms with Crippen molar-refractivity contribution in [3.8, 4) is 5.69 Å². The summed E-state index contributed by atoms with van der Waals surface area (Å²) in [6.07, 6.45) is 7.60. The van der Waals surface area contributed by atoms with Crippen molar-refractivity contribution in [1.82, 2.24) is 14.9 Å². The topological polar surface area (TPSA) is 64.0 Å². The first-order valence-electron chi connectivity index (χ1n) is 11.1. The molecule has 5 nitrogen and oxygen atoms in total. The van der Waals surface area contributed by atoms with Gasteiger partial charge in [0.2, 0.25) is 5.91 Å². The van der Waals surface area contributed by atoms with Gasteiger partial charge < -0.3 is 5.32 Å². The minimum atomic E-state index is -0.00458. The number of hydrogen-bond acceptors (Lipinski definition) is 5. The van der Waals surface area contributed by atoms with Crippen molar-refractivity contribution in [2.45, 2.75) is 70.0 Å². The third kappa shape index (κ3) is 3.94. The maximum atomic E-state index is 13.7. The Labute approximate surface area is 190 Å². The smallest absolute Gasteiger partial charge is 0.267 e. The van der Waals surface area contributed by atoms with Gasteiger partial charge in [-0.15, -0.1) is 11.3 Å². The van der Waals surface area contributed by atoms with Gasteiger partial charge in [0.15, 0.2) is 5.16 Å². The molecule has 0 atom stereocenters. The zero-order valence-electron chi connectivity index (χ0n) is 18.0. The maximum absolute atomic E-state index is 13.7. The van der Waals surface area contributed by atoms with E-state index in [0.717, 1.165) is 59.1 Å². The highest BCUT2D eigenvalue weighted by molar-refractivity contribution is 7.99. The quantitative estimate of drug-likeness (QED) is 0.449. The summed E-state index contributed by atoms with van der Waals surface area (Å²) < 4.78 is 1.73. The summed E-state index contributed by atoms with van der Waals surface area (Å²) in [7, 11) is 0. The van der Waals surface area contributed by atoms with Crippen LogP contribution in [0.4, 0.5) is 0 Å². The molecule has 3 aromatic rings. The van der Waals surface area contributed by atoms with E-state index in [-0.39, 0.29) is 17.2 Å².